The van der Waals surface area contributed by atoms with Crippen molar-refractivity contribution in [1.82, 2.24) is 15.3 Å². The van der Waals surface area contributed by atoms with Gasteiger partial charge in [0.15, 0.2) is 0 Å². The number of nitrogens with one attached hydrogen (secondary N) is 1. The highest BCUT2D eigenvalue weighted by Crippen LogP contribution is 2.25. The van der Waals surface area contributed by atoms with Crippen LogP contribution >= 0.6 is 15.9 Å². The molecular formula is C13H14BrN3. The van der Waals surface area contributed by atoms with Crippen LogP contribution in [0.1, 0.15) is 23.0 Å². The van der Waals surface area contributed by atoms with Gasteiger partial charge in [0, 0.05) is 22.6 Å². The Bertz CT molecular complexity index is 496. The Morgan fingerprint density at radius 1 is 1.24 bits per heavy atom. The van der Waals surface area contributed by atoms with Crippen molar-refractivity contribution < 1.29 is 0 Å². The molecule has 0 saturated carbocycles. The minimum atomic E-state index is 0.0543. The summed E-state index contributed by atoms with van der Waals surface area (Å²) >= 11 is 3.53. The molecular weight excluding hydrogens is 278 g/mol. The number of pyridine rings is 2. The number of rotatable bonds is 3. The second kappa shape index (κ2) is 5.38. The van der Waals surface area contributed by atoms with Crippen LogP contribution in [0.5, 0.6) is 0 Å². The van der Waals surface area contributed by atoms with Crippen molar-refractivity contribution in [3.05, 3.63) is 58.1 Å². The molecule has 2 aromatic rings. The van der Waals surface area contributed by atoms with Gasteiger partial charge >= 0.3 is 0 Å². The quantitative estimate of drug-likeness (QED) is 0.945. The number of hydrogen-bond acceptors (Lipinski definition) is 3. The molecule has 1 unspecified atom stereocenters. The van der Waals surface area contributed by atoms with Gasteiger partial charge < -0.3 is 5.32 Å². The molecule has 1 atom stereocenters. The lowest BCUT2D eigenvalue weighted by atomic mass is 10.1. The van der Waals surface area contributed by atoms with Crippen molar-refractivity contribution in [2.45, 2.75) is 13.0 Å². The second-order valence-corrected chi connectivity index (χ2v) is 4.68. The molecule has 0 saturated heterocycles. The summed E-state index contributed by atoms with van der Waals surface area (Å²) in [6, 6.07) is 8.04. The van der Waals surface area contributed by atoms with E-state index in [1.54, 1.807) is 6.20 Å². The van der Waals surface area contributed by atoms with Gasteiger partial charge in [0.25, 0.3) is 0 Å². The number of halogens is 1. The molecule has 0 bridgehead atoms. The summed E-state index contributed by atoms with van der Waals surface area (Å²) in [4.78, 5) is 8.73. The van der Waals surface area contributed by atoms with Gasteiger partial charge in [-0.1, -0.05) is 6.07 Å². The Kier molecular flexibility index (Phi) is 3.86. The van der Waals surface area contributed by atoms with Gasteiger partial charge in [-0.2, -0.15) is 0 Å². The first-order valence-electron chi connectivity index (χ1n) is 5.42. The predicted molar refractivity (Wildman–Crippen MR) is 71.8 cm³/mol. The molecule has 1 N–H and O–H groups in total. The Morgan fingerprint density at radius 3 is 2.65 bits per heavy atom. The highest BCUT2D eigenvalue weighted by Gasteiger charge is 2.16. The summed E-state index contributed by atoms with van der Waals surface area (Å²) in [5.74, 6) is 0. The van der Waals surface area contributed by atoms with Crippen LogP contribution in [-0.2, 0) is 0 Å². The Labute approximate surface area is 109 Å². The summed E-state index contributed by atoms with van der Waals surface area (Å²) in [6.07, 6.45) is 3.68. The lowest BCUT2D eigenvalue weighted by molar-refractivity contribution is 0.664. The lowest BCUT2D eigenvalue weighted by Crippen LogP contribution is -2.19. The van der Waals surface area contributed by atoms with Crippen LogP contribution in [0.3, 0.4) is 0 Å². The molecule has 88 valence electrons. The number of aromatic nitrogens is 2. The first-order valence-corrected chi connectivity index (χ1v) is 6.22. The molecule has 0 spiro atoms. The van der Waals surface area contributed by atoms with Crippen LogP contribution in [-0.4, -0.2) is 17.0 Å². The average molecular weight is 292 g/mol. The zero-order valence-corrected chi connectivity index (χ0v) is 11.4. The highest BCUT2D eigenvalue weighted by molar-refractivity contribution is 9.10. The third-order valence-electron chi connectivity index (χ3n) is 2.62. The fourth-order valence-corrected chi connectivity index (χ4v) is 2.21. The van der Waals surface area contributed by atoms with E-state index in [9.17, 15) is 0 Å². The molecule has 0 aliphatic rings. The molecule has 0 radical (unpaired) electrons. The van der Waals surface area contributed by atoms with Crippen molar-refractivity contribution in [3.8, 4) is 0 Å². The van der Waals surface area contributed by atoms with Gasteiger partial charge in [-0.3, -0.25) is 9.97 Å². The third kappa shape index (κ3) is 2.70. The van der Waals surface area contributed by atoms with Gasteiger partial charge in [0.2, 0.25) is 0 Å². The van der Waals surface area contributed by atoms with E-state index in [0.29, 0.717) is 0 Å². The molecule has 2 aromatic heterocycles. The van der Waals surface area contributed by atoms with Crippen LogP contribution in [0.2, 0.25) is 0 Å². The van der Waals surface area contributed by atoms with Crippen molar-refractivity contribution in [2.75, 3.05) is 7.05 Å². The van der Waals surface area contributed by atoms with E-state index in [1.165, 1.54) is 0 Å². The first-order chi connectivity index (χ1) is 8.22. The van der Waals surface area contributed by atoms with Crippen LogP contribution in [0, 0.1) is 6.92 Å². The van der Waals surface area contributed by atoms with Crippen molar-refractivity contribution in [3.63, 3.8) is 0 Å². The van der Waals surface area contributed by atoms with E-state index in [1.807, 2.05) is 38.4 Å². The maximum absolute atomic E-state index is 4.41. The third-order valence-corrected chi connectivity index (χ3v) is 3.29. The highest BCUT2D eigenvalue weighted by atomic mass is 79.9. The summed E-state index contributed by atoms with van der Waals surface area (Å²) in [7, 11) is 1.92. The number of hydrogen-bond donors (Lipinski definition) is 1. The Balaban J connectivity index is 2.40. The SMILES string of the molecule is CNC(c1ccc(C)nc1)c1ncccc1Br. The zero-order valence-electron chi connectivity index (χ0n) is 9.81. The van der Waals surface area contributed by atoms with Gasteiger partial charge in [-0.15, -0.1) is 0 Å². The molecule has 0 aliphatic carbocycles. The maximum atomic E-state index is 4.41. The summed E-state index contributed by atoms with van der Waals surface area (Å²) < 4.78 is 1.000. The molecule has 17 heavy (non-hydrogen) atoms. The largest absolute Gasteiger partial charge is 0.308 e. The molecule has 2 rings (SSSR count). The maximum Gasteiger partial charge on any atom is 0.0775 e. The van der Waals surface area contributed by atoms with Crippen LogP contribution < -0.4 is 5.32 Å². The number of aryl methyl sites for hydroxylation is 1. The molecule has 3 nitrogen and oxygen atoms in total. The van der Waals surface area contributed by atoms with Crippen molar-refractivity contribution in [1.29, 1.82) is 0 Å². The smallest absolute Gasteiger partial charge is 0.0775 e. The van der Waals surface area contributed by atoms with E-state index < -0.39 is 0 Å². The van der Waals surface area contributed by atoms with E-state index >= 15 is 0 Å². The van der Waals surface area contributed by atoms with E-state index in [0.717, 1.165) is 21.4 Å². The molecule has 0 aliphatic heterocycles. The van der Waals surface area contributed by atoms with Gasteiger partial charge in [0.1, 0.15) is 0 Å². The van der Waals surface area contributed by atoms with Crippen molar-refractivity contribution in [2.24, 2.45) is 0 Å². The van der Waals surface area contributed by atoms with Crippen molar-refractivity contribution >= 4 is 15.9 Å². The predicted octanol–water partition coefficient (Wildman–Crippen LogP) is 2.86. The van der Waals surface area contributed by atoms with E-state index in [-0.39, 0.29) is 6.04 Å². The molecule has 0 fully saturated rings. The van der Waals surface area contributed by atoms with E-state index in [4.69, 9.17) is 0 Å². The van der Waals surface area contributed by atoms with Crippen LogP contribution in [0.4, 0.5) is 0 Å². The topological polar surface area (TPSA) is 37.8 Å². The fraction of sp³-hybridized carbons (Fsp3) is 0.231. The molecule has 0 amide bonds. The van der Waals surface area contributed by atoms with Crippen LogP contribution in [0.25, 0.3) is 0 Å². The second-order valence-electron chi connectivity index (χ2n) is 3.83. The minimum absolute atomic E-state index is 0.0543. The normalized spacial score (nSPS) is 12.4. The summed E-state index contributed by atoms with van der Waals surface area (Å²) in [6.45, 7) is 1.98. The Morgan fingerprint density at radius 2 is 2.06 bits per heavy atom. The first kappa shape index (κ1) is 12.2. The van der Waals surface area contributed by atoms with Crippen LogP contribution in [0.15, 0.2) is 41.1 Å². The summed E-state index contributed by atoms with van der Waals surface area (Å²) in [5.41, 5.74) is 3.10. The molecule has 4 heteroatoms. The Hall–Kier alpha value is -1.26. The van der Waals surface area contributed by atoms with E-state index in [2.05, 4.69) is 37.3 Å². The lowest BCUT2D eigenvalue weighted by Gasteiger charge is -2.17. The van der Waals surface area contributed by atoms with Gasteiger partial charge in [-0.25, -0.2) is 0 Å². The summed E-state index contributed by atoms with van der Waals surface area (Å²) in [5, 5.41) is 3.26. The van der Waals surface area contributed by atoms with Gasteiger partial charge in [-0.05, 0) is 53.7 Å². The molecule has 0 aromatic carbocycles. The average Bonchev–Trinajstić information content (AvgIpc) is 2.35. The minimum Gasteiger partial charge on any atom is -0.308 e. The number of nitrogens with zero attached hydrogens (tertiary/aromatic N) is 2. The van der Waals surface area contributed by atoms with Gasteiger partial charge in [0.05, 0.1) is 11.7 Å². The molecule has 2 heterocycles. The zero-order chi connectivity index (χ0) is 12.3. The standard InChI is InChI=1S/C13H14BrN3/c1-9-5-6-10(8-17-9)12(15-2)13-11(14)4-3-7-16-13/h3-8,12,15H,1-2H3. The monoisotopic (exact) mass is 291 g/mol. The fourth-order valence-electron chi connectivity index (χ4n) is 1.72.